The standard InChI is InChI=1S/C21H19BrFN3O3/c1-12-19(13(2)26(25-12)16-7-5-4-6-8-16)21(28)29-14(3)20(27)24-18-10-9-15(22)11-17(18)23/h4-11,14H,1-3H3,(H,24,27). The predicted molar refractivity (Wildman–Crippen MR) is 111 cm³/mol. The van der Waals surface area contributed by atoms with Gasteiger partial charge in [-0.25, -0.2) is 13.9 Å². The second-order valence-corrected chi connectivity index (χ2v) is 7.37. The summed E-state index contributed by atoms with van der Waals surface area (Å²) in [6.45, 7) is 4.88. The van der Waals surface area contributed by atoms with Crippen molar-refractivity contribution in [2.45, 2.75) is 26.9 Å². The van der Waals surface area contributed by atoms with Crippen molar-refractivity contribution in [1.82, 2.24) is 9.78 Å². The zero-order valence-electron chi connectivity index (χ0n) is 16.1. The second kappa shape index (κ2) is 8.57. The molecule has 1 aromatic heterocycles. The minimum Gasteiger partial charge on any atom is -0.449 e. The average Bonchev–Trinajstić information content (AvgIpc) is 2.98. The zero-order chi connectivity index (χ0) is 21.1. The van der Waals surface area contributed by atoms with Crippen LogP contribution in [-0.4, -0.2) is 27.8 Å². The van der Waals surface area contributed by atoms with Crippen molar-refractivity contribution in [1.29, 1.82) is 0 Å². The molecule has 3 rings (SSSR count). The van der Waals surface area contributed by atoms with Gasteiger partial charge in [-0.15, -0.1) is 0 Å². The monoisotopic (exact) mass is 459 g/mol. The molecule has 1 N–H and O–H groups in total. The molecule has 0 saturated carbocycles. The van der Waals surface area contributed by atoms with Gasteiger partial charge in [-0.2, -0.15) is 5.10 Å². The van der Waals surface area contributed by atoms with Crippen molar-refractivity contribution >= 4 is 33.5 Å². The quantitative estimate of drug-likeness (QED) is 0.566. The zero-order valence-corrected chi connectivity index (χ0v) is 17.7. The van der Waals surface area contributed by atoms with Gasteiger partial charge in [0.15, 0.2) is 6.10 Å². The number of nitrogens with one attached hydrogen (secondary N) is 1. The number of benzene rings is 2. The summed E-state index contributed by atoms with van der Waals surface area (Å²) in [5, 5.41) is 6.82. The van der Waals surface area contributed by atoms with Gasteiger partial charge in [0.05, 0.1) is 22.8 Å². The number of anilines is 1. The van der Waals surface area contributed by atoms with Crippen molar-refractivity contribution in [2.75, 3.05) is 5.32 Å². The molecule has 0 radical (unpaired) electrons. The van der Waals surface area contributed by atoms with Gasteiger partial charge in [-0.3, -0.25) is 4.79 Å². The van der Waals surface area contributed by atoms with Crippen molar-refractivity contribution in [3.05, 3.63) is 75.8 Å². The smallest absolute Gasteiger partial charge is 0.342 e. The van der Waals surface area contributed by atoms with E-state index in [1.54, 1.807) is 24.6 Å². The van der Waals surface area contributed by atoms with Crippen LogP contribution in [0.15, 0.2) is 53.0 Å². The maximum atomic E-state index is 13.9. The van der Waals surface area contributed by atoms with Crippen molar-refractivity contribution in [3.63, 3.8) is 0 Å². The van der Waals surface area contributed by atoms with Gasteiger partial charge < -0.3 is 10.1 Å². The Bertz CT molecular complexity index is 1070. The number of halogens is 2. The summed E-state index contributed by atoms with van der Waals surface area (Å²) >= 11 is 3.15. The first kappa shape index (κ1) is 20.7. The minimum absolute atomic E-state index is 0.00496. The SMILES string of the molecule is Cc1nn(-c2ccccc2)c(C)c1C(=O)OC(C)C(=O)Nc1ccc(Br)cc1F. The number of nitrogens with zero attached hydrogens (tertiary/aromatic N) is 2. The van der Waals surface area contributed by atoms with Crippen LogP contribution in [0.4, 0.5) is 10.1 Å². The number of para-hydroxylation sites is 1. The molecule has 150 valence electrons. The van der Waals surface area contributed by atoms with E-state index in [4.69, 9.17) is 4.74 Å². The third-order valence-corrected chi connectivity index (χ3v) is 4.83. The topological polar surface area (TPSA) is 73.2 Å². The summed E-state index contributed by atoms with van der Waals surface area (Å²) in [5.41, 5.74) is 2.20. The molecule has 3 aromatic rings. The molecule has 0 saturated heterocycles. The first-order chi connectivity index (χ1) is 13.8. The Hall–Kier alpha value is -3.00. The third-order valence-electron chi connectivity index (χ3n) is 4.34. The van der Waals surface area contributed by atoms with E-state index >= 15 is 0 Å². The fraction of sp³-hybridized carbons (Fsp3) is 0.190. The number of aromatic nitrogens is 2. The summed E-state index contributed by atoms with van der Waals surface area (Å²) < 4.78 is 21.4. The fourth-order valence-corrected chi connectivity index (χ4v) is 3.19. The number of hydrogen-bond donors (Lipinski definition) is 1. The third kappa shape index (κ3) is 4.54. The van der Waals surface area contributed by atoms with Crippen LogP contribution in [0.1, 0.15) is 28.7 Å². The maximum absolute atomic E-state index is 13.9. The molecule has 0 aliphatic carbocycles. The molecule has 0 bridgehead atoms. The summed E-state index contributed by atoms with van der Waals surface area (Å²) in [5.74, 6) is -1.89. The normalized spacial score (nSPS) is 11.8. The number of rotatable bonds is 5. The van der Waals surface area contributed by atoms with E-state index in [0.29, 0.717) is 21.4 Å². The molecular formula is C21H19BrFN3O3. The number of carbonyl (C=O) groups is 2. The van der Waals surface area contributed by atoms with Gasteiger partial charge in [-0.1, -0.05) is 34.1 Å². The van der Waals surface area contributed by atoms with E-state index in [-0.39, 0.29) is 5.69 Å². The Kier molecular flexibility index (Phi) is 6.12. The molecule has 1 heterocycles. The van der Waals surface area contributed by atoms with E-state index in [9.17, 15) is 14.0 Å². The van der Waals surface area contributed by atoms with Crippen LogP contribution in [0.3, 0.4) is 0 Å². The van der Waals surface area contributed by atoms with Crippen LogP contribution in [0.5, 0.6) is 0 Å². The Morgan fingerprint density at radius 2 is 1.86 bits per heavy atom. The lowest BCUT2D eigenvalue weighted by Gasteiger charge is -2.14. The van der Waals surface area contributed by atoms with Gasteiger partial charge in [-0.05, 0) is 51.1 Å². The highest BCUT2D eigenvalue weighted by molar-refractivity contribution is 9.10. The van der Waals surface area contributed by atoms with E-state index in [1.807, 2.05) is 30.3 Å². The molecule has 1 atom stereocenters. The Morgan fingerprint density at radius 1 is 1.17 bits per heavy atom. The van der Waals surface area contributed by atoms with E-state index in [0.717, 1.165) is 5.69 Å². The second-order valence-electron chi connectivity index (χ2n) is 6.45. The van der Waals surface area contributed by atoms with Gasteiger partial charge >= 0.3 is 5.97 Å². The number of ether oxygens (including phenoxy) is 1. The number of carbonyl (C=O) groups excluding carboxylic acids is 2. The Balaban J connectivity index is 1.74. The Morgan fingerprint density at radius 3 is 2.52 bits per heavy atom. The van der Waals surface area contributed by atoms with E-state index in [2.05, 4.69) is 26.3 Å². The molecule has 0 aliphatic heterocycles. The van der Waals surface area contributed by atoms with Gasteiger partial charge in [0.1, 0.15) is 11.4 Å². The molecule has 8 heteroatoms. The first-order valence-electron chi connectivity index (χ1n) is 8.86. The van der Waals surface area contributed by atoms with Crippen molar-refractivity contribution < 1.29 is 18.7 Å². The lowest BCUT2D eigenvalue weighted by Crippen LogP contribution is -2.30. The molecule has 29 heavy (non-hydrogen) atoms. The predicted octanol–water partition coefficient (Wildman–Crippen LogP) is 4.57. The van der Waals surface area contributed by atoms with Crippen LogP contribution >= 0.6 is 15.9 Å². The molecule has 0 fully saturated rings. The molecule has 1 amide bonds. The molecule has 6 nitrogen and oxygen atoms in total. The number of hydrogen-bond acceptors (Lipinski definition) is 4. The number of aryl methyl sites for hydroxylation is 1. The van der Waals surface area contributed by atoms with Gasteiger partial charge in [0.2, 0.25) is 0 Å². The number of amides is 1. The van der Waals surface area contributed by atoms with E-state index in [1.165, 1.54) is 19.1 Å². The maximum Gasteiger partial charge on any atom is 0.342 e. The summed E-state index contributed by atoms with van der Waals surface area (Å²) in [6.07, 6.45) is -1.12. The molecule has 0 aliphatic rings. The molecule has 2 aromatic carbocycles. The van der Waals surface area contributed by atoms with Crippen LogP contribution in [0, 0.1) is 19.7 Å². The van der Waals surface area contributed by atoms with Gasteiger partial charge in [0.25, 0.3) is 5.91 Å². The van der Waals surface area contributed by atoms with Gasteiger partial charge in [0, 0.05) is 4.47 Å². The summed E-state index contributed by atoms with van der Waals surface area (Å²) in [7, 11) is 0. The highest BCUT2D eigenvalue weighted by Crippen LogP contribution is 2.21. The summed E-state index contributed by atoms with van der Waals surface area (Å²) in [4.78, 5) is 25.0. The lowest BCUT2D eigenvalue weighted by atomic mass is 10.2. The lowest BCUT2D eigenvalue weighted by molar-refractivity contribution is -0.123. The highest BCUT2D eigenvalue weighted by atomic mass is 79.9. The largest absolute Gasteiger partial charge is 0.449 e. The summed E-state index contributed by atoms with van der Waals surface area (Å²) in [6, 6.07) is 13.6. The van der Waals surface area contributed by atoms with Crippen molar-refractivity contribution in [2.24, 2.45) is 0 Å². The first-order valence-corrected chi connectivity index (χ1v) is 9.65. The fourth-order valence-electron chi connectivity index (χ4n) is 2.86. The molecular weight excluding hydrogens is 441 g/mol. The highest BCUT2D eigenvalue weighted by Gasteiger charge is 2.25. The van der Waals surface area contributed by atoms with Crippen LogP contribution in [0.2, 0.25) is 0 Å². The molecule has 0 spiro atoms. The average molecular weight is 460 g/mol. The van der Waals surface area contributed by atoms with Crippen molar-refractivity contribution in [3.8, 4) is 5.69 Å². The van der Waals surface area contributed by atoms with Crippen LogP contribution < -0.4 is 5.32 Å². The van der Waals surface area contributed by atoms with Crippen LogP contribution in [0.25, 0.3) is 5.69 Å². The number of esters is 1. The van der Waals surface area contributed by atoms with Crippen LogP contribution in [-0.2, 0) is 9.53 Å². The van der Waals surface area contributed by atoms with E-state index < -0.39 is 23.8 Å². The minimum atomic E-state index is -1.12. The molecule has 1 unspecified atom stereocenters. The Labute approximate surface area is 175 Å².